The normalized spacial score (nSPS) is 24.7. The van der Waals surface area contributed by atoms with Crippen LogP contribution in [0.1, 0.15) is 37.0 Å². The van der Waals surface area contributed by atoms with Crippen molar-refractivity contribution in [2.24, 2.45) is 0 Å². The van der Waals surface area contributed by atoms with Gasteiger partial charge in [0.05, 0.1) is 30.9 Å². The monoisotopic (exact) mass is 366 g/mol. The Labute approximate surface area is 159 Å². The van der Waals surface area contributed by atoms with Crippen molar-refractivity contribution in [2.75, 3.05) is 31.1 Å². The number of fused-ring (bicyclic) bond motifs is 2. The minimum atomic E-state index is -0.366. The standard InChI is InChI=1S/C22H26N2O3/c25-21-22(9-11-23(12-10-22)15-17-5-3-13-26-17)19-7-1-2-8-20(19)24(21)16-18-6-4-14-27-18/h1-3,5,7-8,13,18H,4,6,9-12,14-16H2/t18-/m0/s1. The van der Waals surface area contributed by atoms with E-state index in [-0.39, 0.29) is 17.4 Å². The molecule has 3 aliphatic heterocycles. The van der Waals surface area contributed by atoms with Crippen LogP contribution >= 0.6 is 0 Å². The third-order valence-corrected chi connectivity index (χ3v) is 6.44. The number of hydrogen-bond donors (Lipinski definition) is 0. The summed E-state index contributed by atoms with van der Waals surface area (Å²) in [6, 6.07) is 12.3. The molecule has 0 bridgehead atoms. The summed E-state index contributed by atoms with van der Waals surface area (Å²) in [5.74, 6) is 1.26. The number of nitrogens with zero attached hydrogens (tertiary/aromatic N) is 2. The summed E-state index contributed by atoms with van der Waals surface area (Å²) < 4.78 is 11.3. The lowest BCUT2D eigenvalue weighted by Gasteiger charge is -2.38. The SMILES string of the molecule is O=C1N(C[C@@H]2CCCO2)c2ccccc2C12CCN(Cc1ccco1)CC2. The van der Waals surface area contributed by atoms with Gasteiger partial charge in [-0.25, -0.2) is 0 Å². The molecular formula is C22H26N2O3. The highest BCUT2D eigenvalue weighted by Gasteiger charge is 2.52. The van der Waals surface area contributed by atoms with Crippen molar-refractivity contribution in [1.29, 1.82) is 0 Å². The summed E-state index contributed by atoms with van der Waals surface area (Å²) in [6.07, 6.45) is 5.78. The Balaban J connectivity index is 1.37. The quantitative estimate of drug-likeness (QED) is 0.833. The van der Waals surface area contributed by atoms with Crippen molar-refractivity contribution in [1.82, 2.24) is 4.90 Å². The van der Waals surface area contributed by atoms with Gasteiger partial charge in [0, 0.05) is 12.3 Å². The first-order valence-corrected chi connectivity index (χ1v) is 10.0. The number of para-hydroxylation sites is 1. The zero-order valence-corrected chi connectivity index (χ0v) is 15.6. The second kappa shape index (κ2) is 6.80. The Morgan fingerprint density at radius 1 is 1.11 bits per heavy atom. The van der Waals surface area contributed by atoms with Crippen molar-refractivity contribution in [2.45, 2.75) is 43.7 Å². The van der Waals surface area contributed by atoms with Crippen molar-refractivity contribution < 1.29 is 13.9 Å². The van der Waals surface area contributed by atoms with E-state index in [1.165, 1.54) is 5.56 Å². The summed E-state index contributed by atoms with van der Waals surface area (Å²) in [5, 5.41) is 0. The van der Waals surface area contributed by atoms with Crippen LogP contribution in [0.25, 0.3) is 0 Å². The van der Waals surface area contributed by atoms with E-state index in [2.05, 4.69) is 23.1 Å². The number of anilines is 1. The molecule has 1 spiro atoms. The Morgan fingerprint density at radius 2 is 1.96 bits per heavy atom. The number of carbonyl (C=O) groups is 1. The maximum atomic E-state index is 13.6. The van der Waals surface area contributed by atoms with Crippen LogP contribution in [0.2, 0.25) is 0 Å². The molecule has 1 amide bonds. The highest BCUT2D eigenvalue weighted by atomic mass is 16.5. The average molecular weight is 366 g/mol. The molecule has 1 aromatic carbocycles. The molecular weight excluding hydrogens is 340 g/mol. The smallest absolute Gasteiger partial charge is 0.237 e. The highest BCUT2D eigenvalue weighted by molar-refractivity contribution is 6.08. The van der Waals surface area contributed by atoms with E-state index in [1.54, 1.807) is 6.26 Å². The Hall–Kier alpha value is -2.11. The van der Waals surface area contributed by atoms with E-state index < -0.39 is 0 Å². The number of carbonyl (C=O) groups excluding carboxylic acids is 1. The van der Waals surface area contributed by atoms with Gasteiger partial charge in [-0.15, -0.1) is 0 Å². The van der Waals surface area contributed by atoms with Gasteiger partial charge in [-0.05, 0) is 62.5 Å². The van der Waals surface area contributed by atoms with Gasteiger partial charge in [0.1, 0.15) is 5.76 Å². The van der Waals surface area contributed by atoms with E-state index in [0.717, 1.165) is 63.4 Å². The summed E-state index contributed by atoms with van der Waals surface area (Å²) >= 11 is 0. The average Bonchev–Trinajstić information content (AvgIpc) is 3.44. The fourth-order valence-corrected chi connectivity index (χ4v) is 4.97. The molecule has 0 unspecified atom stereocenters. The van der Waals surface area contributed by atoms with Crippen LogP contribution < -0.4 is 4.90 Å². The van der Waals surface area contributed by atoms with Crippen LogP contribution in [0.4, 0.5) is 5.69 Å². The predicted molar refractivity (Wildman–Crippen MR) is 103 cm³/mol. The first-order chi connectivity index (χ1) is 13.3. The number of benzene rings is 1. The molecule has 142 valence electrons. The number of likely N-dealkylation sites (tertiary alicyclic amines) is 1. The summed E-state index contributed by atoms with van der Waals surface area (Å²) in [5.41, 5.74) is 1.94. The molecule has 5 heteroatoms. The summed E-state index contributed by atoms with van der Waals surface area (Å²) in [4.78, 5) is 18.0. The van der Waals surface area contributed by atoms with E-state index in [0.29, 0.717) is 6.54 Å². The van der Waals surface area contributed by atoms with Crippen LogP contribution in [-0.4, -0.2) is 43.2 Å². The van der Waals surface area contributed by atoms with Gasteiger partial charge in [-0.1, -0.05) is 18.2 Å². The second-order valence-electron chi connectivity index (χ2n) is 8.01. The Morgan fingerprint density at radius 3 is 2.70 bits per heavy atom. The first kappa shape index (κ1) is 17.0. The third-order valence-electron chi connectivity index (χ3n) is 6.44. The van der Waals surface area contributed by atoms with Crippen LogP contribution in [-0.2, 0) is 21.5 Å². The molecule has 27 heavy (non-hydrogen) atoms. The number of piperidine rings is 1. The minimum Gasteiger partial charge on any atom is -0.468 e. The largest absolute Gasteiger partial charge is 0.468 e. The van der Waals surface area contributed by atoms with Crippen LogP contribution in [0.15, 0.2) is 47.1 Å². The maximum absolute atomic E-state index is 13.6. The molecule has 4 heterocycles. The molecule has 3 aliphatic rings. The van der Waals surface area contributed by atoms with Crippen molar-refractivity contribution >= 4 is 11.6 Å². The Bertz CT molecular complexity index is 803. The van der Waals surface area contributed by atoms with Gasteiger partial charge in [0.2, 0.25) is 5.91 Å². The second-order valence-corrected chi connectivity index (χ2v) is 8.01. The molecule has 5 rings (SSSR count). The molecule has 0 saturated carbocycles. The van der Waals surface area contributed by atoms with Crippen molar-refractivity contribution in [3.63, 3.8) is 0 Å². The molecule has 2 saturated heterocycles. The summed E-state index contributed by atoms with van der Waals surface area (Å²) in [6.45, 7) is 4.15. The lowest BCUT2D eigenvalue weighted by molar-refractivity contribution is -0.125. The van der Waals surface area contributed by atoms with Gasteiger partial charge in [0.25, 0.3) is 0 Å². The first-order valence-electron chi connectivity index (χ1n) is 10.0. The maximum Gasteiger partial charge on any atom is 0.237 e. The zero-order chi connectivity index (χ0) is 18.3. The topological polar surface area (TPSA) is 45.9 Å². The van der Waals surface area contributed by atoms with Crippen LogP contribution in [0.3, 0.4) is 0 Å². The number of furan rings is 1. The zero-order valence-electron chi connectivity index (χ0n) is 15.6. The molecule has 2 fully saturated rings. The lowest BCUT2D eigenvalue weighted by atomic mass is 9.73. The third kappa shape index (κ3) is 2.89. The number of amides is 1. The number of hydrogen-bond acceptors (Lipinski definition) is 4. The van der Waals surface area contributed by atoms with Crippen molar-refractivity contribution in [3.8, 4) is 0 Å². The fraction of sp³-hybridized carbons (Fsp3) is 0.500. The van der Waals surface area contributed by atoms with Gasteiger partial charge in [0.15, 0.2) is 0 Å². The van der Waals surface area contributed by atoms with E-state index >= 15 is 0 Å². The van der Waals surface area contributed by atoms with E-state index in [4.69, 9.17) is 9.15 Å². The van der Waals surface area contributed by atoms with Gasteiger partial charge in [-0.2, -0.15) is 0 Å². The highest BCUT2D eigenvalue weighted by Crippen LogP contribution is 2.48. The summed E-state index contributed by atoms with van der Waals surface area (Å²) in [7, 11) is 0. The van der Waals surface area contributed by atoms with Crippen LogP contribution in [0.5, 0.6) is 0 Å². The predicted octanol–water partition coefficient (Wildman–Crippen LogP) is 3.34. The molecule has 2 aromatic rings. The van der Waals surface area contributed by atoms with E-state index in [9.17, 15) is 4.79 Å². The molecule has 0 aliphatic carbocycles. The number of ether oxygens (including phenoxy) is 1. The van der Waals surface area contributed by atoms with Crippen LogP contribution in [0, 0.1) is 0 Å². The van der Waals surface area contributed by atoms with Gasteiger partial charge < -0.3 is 14.1 Å². The minimum absolute atomic E-state index is 0.177. The molecule has 1 atom stereocenters. The van der Waals surface area contributed by atoms with Gasteiger partial charge >= 0.3 is 0 Å². The lowest BCUT2D eigenvalue weighted by Crippen LogP contribution is -2.49. The molecule has 0 N–H and O–H groups in total. The van der Waals surface area contributed by atoms with Gasteiger partial charge in [-0.3, -0.25) is 9.69 Å². The Kier molecular flexibility index (Phi) is 4.29. The molecule has 5 nitrogen and oxygen atoms in total. The van der Waals surface area contributed by atoms with Crippen molar-refractivity contribution in [3.05, 3.63) is 54.0 Å². The van der Waals surface area contributed by atoms with E-state index in [1.807, 2.05) is 23.1 Å². The number of rotatable bonds is 4. The fourth-order valence-electron chi connectivity index (χ4n) is 4.97. The molecule has 0 radical (unpaired) electrons. The molecule has 1 aromatic heterocycles.